The maximum Gasteiger partial charge on any atom is 0.234 e. The minimum Gasteiger partial charge on any atom is -0.484 e. The van der Waals surface area contributed by atoms with E-state index in [2.05, 4.69) is 29.0 Å². The summed E-state index contributed by atoms with van der Waals surface area (Å²) in [6.07, 6.45) is 2.69. The first-order valence-corrected chi connectivity index (χ1v) is 11.4. The number of hydrogen-bond donors (Lipinski definition) is 1. The number of aryl methyl sites for hydroxylation is 1. The van der Waals surface area contributed by atoms with Gasteiger partial charge in [-0.05, 0) is 36.2 Å². The van der Waals surface area contributed by atoms with Gasteiger partial charge in [0.15, 0.2) is 11.0 Å². The lowest BCUT2D eigenvalue weighted by molar-refractivity contribution is -0.113. The van der Waals surface area contributed by atoms with Crippen LogP contribution in [0.2, 0.25) is 10.0 Å². The first-order chi connectivity index (χ1) is 15.0. The van der Waals surface area contributed by atoms with Crippen molar-refractivity contribution in [3.05, 3.63) is 76.6 Å². The molecule has 1 aromatic heterocycles. The van der Waals surface area contributed by atoms with Gasteiger partial charge in [-0.3, -0.25) is 9.36 Å². The van der Waals surface area contributed by atoms with E-state index < -0.39 is 0 Å². The molecule has 0 bridgehead atoms. The molecule has 0 aliphatic carbocycles. The van der Waals surface area contributed by atoms with Crippen molar-refractivity contribution >= 4 is 46.6 Å². The molecule has 3 aromatic rings. The van der Waals surface area contributed by atoms with Crippen molar-refractivity contribution in [3.63, 3.8) is 0 Å². The second kappa shape index (κ2) is 11.2. The lowest BCUT2D eigenvalue weighted by Crippen LogP contribution is -2.15. The summed E-state index contributed by atoms with van der Waals surface area (Å²) in [7, 11) is 0. The predicted octanol–water partition coefficient (Wildman–Crippen LogP) is 5.64. The maximum absolute atomic E-state index is 12.3. The van der Waals surface area contributed by atoms with Gasteiger partial charge in [-0.15, -0.1) is 16.8 Å². The van der Waals surface area contributed by atoms with Gasteiger partial charge < -0.3 is 10.1 Å². The molecule has 1 amide bonds. The quantitative estimate of drug-likeness (QED) is 0.302. The number of aromatic nitrogens is 3. The topological polar surface area (TPSA) is 69.0 Å². The summed E-state index contributed by atoms with van der Waals surface area (Å²) in [6, 6.07) is 12.8. The van der Waals surface area contributed by atoms with Crippen LogP contribution in [0.5, 0.6) is 5.75 Å². The molecule has 0 aliphatic rings. The van der Waals surface area contributed by atoms with Gasteiger partial charge in [-0.25, -0.2) is 0 Å². The van der Waals surface area contributed by atoms with Crippen molar-refractivity contribution in [3.8, 4) is 5.75 Å². The Hall–Kier alpha value is -2.48. The fourth-order valence-electron chi connectivity index (χ4n) is 2.73. The summed E-state index contributed by atoms with van der Waals surface area (Å²) in [4.78, 5) is 12.3. The molecule has 162 valence electrons. The zero-order valence-corrected chi connectivity index (χ0v) is 19.3. The van der Waals surface area contributed by atoms with Gasteiger partial charge in [-0.1, -0.05) is 60.1 Å². The van der Waals surface area contributed by atoms with E-state index in [1.807, 2.05) is 28.8 Å². The van der Waals surface area contributed by atoms with E-state index in [1.165, 1.54) is 17.3 Å². The molecule has 1 heterocycles. The van der Waals surface area contributed by atoms with Crippen LogP contribution in [0.1, 0.15) is 18.3 Å². The Balaban J connectivity index is 1.61. The molecule has 6 nitrogen and oxygen atoms in total. The Kier molecular flexibility index (Phi) is 8.40. The number of carbonyl (C=O) groups is 1. The highest BCUT2D eigenvalue weighted by atomic mass is 35.5. The van der Waals surface area contributed by atoms with Crippen molar-refractivity contribution in [1.29, 1.82) is 0 Å². The van der Waals surface area contributed by atoms with E-state index in [4.69, 9.17) is 27.9 Å². The Morgan fingerprint density at radius 1 is 1.23 bits per heavy atom. The molecule has 0 saturated carbocycles. The highest BCUT2D eigenvalue weighted by Gasteiger charge is 2.15. The normalized spacial score (nSPS) is 10.7. The molecule has 3 rings (SSSR count). The number of nitrogens with one attached hydrogen (secondary N) is 1. The third-order valence-electron chi connectivity index (χ3n) is 4.33. The van der Waals surface area contributed by atoms with E-state index in [9.17, 15) is 4.79 Å². The van der Waals surface area contributed by atoms with Gasteiger partial charge in [0.1, 0.15) is 12.4 Å². The number of allylic oxidation sites excluding steroid dienone is 1. The molecule has 2 aromatic carbocycles. The molecule has 9 heteroatoms. The first kappa shape index (κ1) is 23.2. The SMILES string of the molecule is C=CCn1c(COc2cc(Cl)ccc2Cl)nnc1SCC(=O)Nc1ccc(CC)cc1. The fourth-order valence-corrected chi connectivity index (χ4v) is 3.83. The van der Waals surface area contributed by atoms with E-state index in [0.717, 1.165) is 12.1 Å². The molecule has 0 saturated heterocycles. The monoisotopic (exact) mass is 476 g/mol. The van der Waals surface area contributed by atoms with Crippen molar-refractivity contribution in [2.24, 2.45) is 0 Å². The lowest BCUT2D eigenvalue weighted by Gasteiger charge is -2.10. The summed E-state index contributed by atoms with van der Waals surface area (Å²) >= 11 is 13.4. The van der Waals surface area contributed by atoms with Crippen molar-refractivity contribution < 1.29 is 9.53 Å². The fraction of sp³-hybridized carbons (Fsp3) is 0.227. The summed E-state index contributed by atoms with van der Waals surface area (Å²) < 4.78 is 7.61. The van der Waals surface area contributed by atoms with Gasteiger partial charge >= 0.3 is 0 Å². The number of benzene rings is 2. The highest BCUT2D eigenvalue weighted by molar-refractivity contribution is 7.99. The van der Waals surface area contributed by atoms with Crippen molar-refractivity contribution in [2.75, 3.05) is 11.1 Å². The number of halogens is 2. The third-order valence-corrected chi connectivity index (χ3v) is 5.85. The van der Waals surface area contributed by atoms with Gasteiger partial charge in [0.2, 0.25) is 5.91 Å². The molecule has 0 spiro atoms. The van der Waals surface area contributed by atoms with Gasteiger partial charge in [-0.2, -0.15) is 0 Å². The third kappa shape index (κ3) is 6.50. The van der Waals surface area contributed by atoms with E-state index in [1.54, 1.807) is 24.3 Å². The van der Waals surface area contributed by atoms with Crippen LogP contribution in [0.15, 0.2) is 60.3 Å². The summed E-state index contributed by atoms with van der Waals surface area (Å²) in [5, 5.41) is 12.9. The standard InChI is InChI=1S/C22H22Cl2N4O2S/c1-3-11-28-20(13-30-19-12-16(23)7-10-18(19)24)26-27-22(28)31-14-21(29)25-17-8-5-15(4-2)6-9-17/h3,5-10,12H,1,4,11,13-14H2,2H3,(H,25,29). The summed E-state index contributed by atoms with van der Waals surface area (Å²) in [5.74, 6) is 1.14. The molecule has 0 radical (unpaired) electrons. The predicted molar refractivity (Wildman–Crippen MR) is 126 cm³/mol. The van der Waals surface area contributed by atoms with E-state index in [-0.39, 0.29) is 18.3 Å². The number of thioether (sulfide) groups is 1. The smallest absolute Gasteiger partial charge is 0.234 e. The average Bonchev–Trinajstić information content (AvgIpc) is 3.15. The Bertz CT molecular complexity index is 1050. The molecular weight excluding hydrogens is 455 g/mol. The zero-order valence-electron chi connectivity index (χ0n) is 17.0. The van der Waals surface area contributed by atoms with Crippen LogP contribution < -0.4 is 10.1 Å². The molecule has 0 unspecified atom stereocenters. The second-order valence-electron chi connectivity index (χ2n) is 6.55. The number of ether oxygens (including phenoxy) is 1. The van der Waals surface area contributed by atoms with E-state index in [0.29, 0.717) is 33.3 Å². The van der Waals surface area contributed by atoms with Crippen molar-refractivity contribution in [1.82, 2.24) is 14.8 Å². The first-order valence-electron chi connectivity index (χ1n) is 9.62. The van der Waals surface area contributed by atoms with Crippen LogP contribution in [-0.4, -0.2) is 26.4 Å². The Morgan fingerprint density at radius 3 is 2.71 bits per heavy atom. The summed E-state index contributed by atoms with van der Waals surface area (Å²) in [6.45, 7) is 6.51. The van der Waals surface area contributed by atoms with Crippen LogP contribution in [-0.2, 0) is 24.4 Å². The van der Waals surface area contributed by atoms with Gasteiger partial charge in [0.25, 0.3) is 0 Å². The number of carbonyl (C=O) groups excluding carboxylic acids is 1. The molecule has 0 atom stereocenters. The lowest BCUT2D eigenvalue weighted by atomic mass is 10.1. The number of nitrogens with zero attached hydrogens (tertiary/aromatic N) is 3. The van der Waals surface area contributed by atoms with Crippen LogP contribution in [0, 0.1) is 0 Å². The summed E-state index contributed by atoms with van der Waals surface area (Å²) in [5.41, 5.74) is 1.99. The highest BCUT2D eigenvalue weighted by Crippen LogP contribution is 2.28. The maximum atomic E-state index is 12.3. The van der Waals surface area contributed by atoms with Crippen molar-refractivity contribution in [2.45, 2.75) is 31.7 Å². The molecule has 0 fully saturated rings. The van der Waals surface area contributed by atoms with Crippen LogP contribution >= 0.6 is 35.0 Å². The minimum atomic E-state index is -0.120. The number of hydrogen-bond acceptors (Lipinski definition) is 5. The van der Waals surface area contributed by atoms with Gasteiger partial charge in [0, 0.05) is 23.3 Å². The van der Waals surface area contributed by atoms with Gasteiger partial charge in [0.05, 0.1) is 10.8 Å². The van der Waals surface area contributed by atoms with E-state index >= 15 is 0 Å². The number of amides is 1. The molecule has 31 heavy (non-hydrogen) atoms. The molecule has 0 aliphatic heterocycles. The number of rotatable bonds is 10. The Labute approximate surface area is 195 Å². The molecular formula is C22H22Cl2N4O2S. The zero-order chi connectivity index (χ0) is 22.2. The van der Waals surface area contributed by atoms with Crippen LogP contribution in [0.3, 0.4) is 0 Å². The van der Waals surface area contributed by atoms with Crippen LogP contribution in [0.25, 0.3) is 0 Å². The Morgan fingerprint density at radius 2 is 2.00 bits per heavy atom. The molecule has 1 N–H and O–H groups in total. The minimum absolute atomic E-state index is 0.120. The van der Waals surface area contributed by atoms with Crippen LogP contribution in [0.4, 0.5) is 5.69 Å². The second-order valence-corrected chi connectivity index (χ2v) is 8.33. The average molecular weight is 477 g/mol. The number of anilines is 1. The largest absolute Gasteiger partial charge is 0.484 e.